The number of rotatable bonds is 3. The Morgan fingerprint density at radius 3 is 2.59 bits per heavy atom. The van der Waals surface area contributed by atoms with Crippen molar-refractivity contribution in [2.45, 2.75) is 12.1 Å². The first-order chi connectivity index (χ1) is 14.0. The molecular formula is C22H15BrClNO4. The molecule has 29 heavy (non-hydrogen) atoms. The third-order valence-electron chi connectivity index (χ3n) is 5.24. The SMILES string of the molecule is O=C1N(Cc2ccc(Cl)cc2)c2ccc(Br)cc2C1(O)c1ccc2c(c1)OCO2. The van der Waals surface area contributed by atoms with Gasteiger partial charge in [-0.3, -0.25) is 4.79 Å². The number of benzene rings is 3. The number of amides is 1. The van der Waals surface area contributed by atoms with E-state index in [-0.39, 0.29) is 6.79 Å². The molecule has 0 saturated carbocycles. The fourth-order valence-corrected chi connectivity index (χ4v) is 4.27. The van der Waals surface area contributed by atoms with Gasteiger partial charge in [0.2, 0.25) is 6.79 Å². The number of ether oxygens (including phenoxy) is 2. The normalized spacial score (nSPS) is 19.6. The van der Waals surface area contributed by atoms with E-state index in [4.69, 9.17) is 21.1 Å². The van der Waals surface area contributed by atoms with Gasteiger partial charge in [-0.25, -0.2) is 0 Å². The molecule has 3 aromatic rings. The molecule has 1 N–H and O–H groups in total. The van der Waals surface area contributed by atoms with Gasteiger partial charge in [-0.1, -0.05) is 45.7 Å². The minimum atomic E-state index is -1.83. The first kappa shape index (κ1) is 18.5. The van der Waals surface area contributed by atoms with E-state index in [0.29, 0.717) is 39.9 Å². The van der Waals surface area contributed by atoms with Crippen LogP contribution in [0.4, 0.5) is 5.69 Å². The highest BCUT2D eigenvalue weighted by Crippen LogP contribution is 2.48. The number of nitrogens with zero attached hydrogens (tertiary/aromatic N) is 1. The first-order valence-corrected chi connectivity index (χ1v) is 10.1. The van der Waals surface area contributed by atoms with Crippen LogP contribution in [0.1, 0.15) is 16.7 Å². The van der Waals surface area contributed by atoms with Crippen LogP contribution in [-0.2, 0) is 16.9 Å². The van der Waals surface area contributed by atoms with Crippen molar-refractivity contribution in [1.29, 1.82) is 0 Å². The zero-order valence-corrected chi connectivity index (χ0v) is 17.4. The molecule has 3 aromatic carbocycles. The van der Waals surface area contributed by atoms with Crippen LogP contribution in [0.15, 0.2) is 65.1 Å². The number of aliphatic hydroxyl groups is 1. The highest BCUT2D eigenvalue weighted by molar-refractivity contribution is 9.10. The molecule has 0 aromatic heterocycles. The maximum atomic E-state index is 13.5. The average molecular weight is 473 g/mol. The number of anilines is 1. The number of hydrogen-bond acceptors (Lipinski definition) is 4. The predicted octanol–water partition coefficient (Wildman–Crippen LogP) is 4.61. The Morgan fingerprint density at radius 1 is 1.03 bits per heavy atom. The second-order valence-electron chi connectivity index (χ2n) is 6.96. The van der Waals surface area contributed by atoms with Gasteiger partial charge in [-0.2, -0.15) is 0 Å². The summed E-state index contributed by atoms with van der Waals surface area (Å²) in [6.45, 7) is 0.438. The summed E-state index contributed by atoms with van der Waals surface area (Å²) in [5, 5.41) is 12.3. The van der Waals surface area contributed by atoms with Crippen LogP contribution in [0.5, 0.6) is 11.5 Å². The van der Waals surface area contributed by atoms with Crippen LogP contribution < -0.4 is 14.4 Å². The van der Waals surface area contributed by atoms with E-state index in [9.17, 15) is 9.90 Å². The van der Waals surface area contributed by atoms with Gasteiger partial charge in [0.15, 0.2) is 17.1 Å². The quantitative estimate of drug-likeness (QED) is 0.605. The van der Waals surface area contributed by atoms with E-state index in [1.807, 2.05) is 24.3 Å². The number of fused-ring (bicyclic) bond motifs is 2. The van der Waals surface area contributed by atoms with Crippen molar-refractivity contribution in [2.24, 2.45) is 0 Å². The van der Waals surface area contributed by atoms with Crippen LogP contribution in [0.25, 0.3) is 0 Å². The van der Waals surface area contributed by atoms with Crippen molar-refractivity contribution in [3.8, 4) is 11.5 Å². The zero-order chi connectivity index (χ0) is 20.2. The van der Waals surface area contributed by atoms with Gasteiger partial charge in [0, 0.05) is 20.6 Å². The molecule has 1 amide bonds. The molecular weight excluding hydrogens is 458 g/mol. The number of carbonyl (C=O) groups excluding carboxylic acids is 1. The Morgan fingerprint density at radius 2 is 1.79 bits per heavy atom. The lowest BCUT2D eigenvalue weighted by molar-refractivity contribution is -0.132. The molecule has 0 bridgehead atoms. The lowest BCUT2D eigenvalue weighted by Gasteiger charge is -2.24. The van der Waals surface area contributed by atoms with Crippen molar-refractivity contribution in [1.82, 2.24) is 0 Å². The Kier molecular flexibility index (Phi) is 4.31. The van der Waals surface area contributed by atoms with Crippen molar-refractivity contribution >= 4 is 39.1 Å². The summed E-state index contributed by atoms with van der Waals surface area (Å²) >= 11 is 9.43. The largest absolute Gasteiger partial charge is 0.454 e. The second kappa shape index (κ2) is 6.76. The monoisotopic (exact) mass is 471 g/mol. The van der Waals surface area contributed by atoms with E-state index < -0.39 is 11.5 Å². The third kappa shape index (κ3) is 2.90. The molecule has 1 unspecified atom stereocenters. The number of carbonyl (C=O) groups is 1. The molecule has 0 radical (unpaired) electrons. The van der Waals surface area contributed by atoms with Crippen LogP contribution in [-0.4, -0.2) is 17.8 Å². The van der Waals surface area contributed by atoms with Gasteiger partial charge in [0.1, 0.15) is 0 Å². The topological polar surface area (TPSA) is 59.0 Å². The molecule has 0 fully saturated rings. The van der Waals surface area contributed by atoms with Crippen LogP contribution in [0, 0.1) is 0 Å². The molecule has 7 heteroatoms. The highest BCUT2D eigenvalue weighted by atomic mass is 79.9. The molecule has 2 aliphatic heterocycles. The van der Waals surface area contributed by atoms with E-state index in [2.05, 4.69) is 15.9 Å². The van der Waals surface area contributed by atoms with Gasteiger partial charge in [-0.05, 0) is 48.0 Å². The maximum absolute atomic E-state index is 13.5. The van der Waals surface area contributed by atoms with Gasteiger partial charge < -0.3 is 19.5 Å². The molecule has 5 rings (SSSR count). The van der Waals surface area contributed by atoms with E-state index in [1.165, 1.54) is 0 Å². The van der Waals surface area contributed by atoms with Gasteiger partial charge in [0.05, 0.1) is 12.2 Å². The van der Waals surface area contributed by atoms with Gasteiger partial charge in [-0.15, -0.1) is 0 Å². The fourth-order valence-electron chi connectivity index (χ4n) is 3.78. The summed E-state index contributed by atoms with van der Waals surface area (Å²) in [5.41, 5.74) is 0.696. The van der Waals surface area contributed by atoms with Crippen molar-refractivity contribution in [3.63, 3.8) is 0 Å². The first-order valence-electron chi connectivity index (χ1n) is 8.96. The highest BCUT2D eigenvalue weighted by Gasteiger charge is 2.51. The standard InChI is InChI=1S/C22H15BrClNO4/c23-15-4-7-18-17(10-15)22(27,14-3-8-19-20(9-14)29-12-28-19)21(26)25(18)11-13-1-5-16(24)6-2-13/h1-10,27H,11-12H2. The molecule has 146 valence electrons. The van der Waals surface area contributed by atoms with Crippen molar-refractivity contribution in [3.05, 3.63) is 86.8 Å². The Labute approximate surface area is 180 Å². The van der Waals surface area contributed by atoms with E-state index in [1.54, 1.807) is 41.3 Å². The molecule has 1 atom stereocenters. The van der Waals surface area contributed by atoms with Crippen LogP contribution in [0.3, 0.4) is 0 Å². The lowest BCUT2D eigenvalue weighted by atomic mass is 9.87. The predicted molar refractivity (Wildman–Crippen MR) is 112 cm³/mol. The number of halogens is 2. The van der Waals surface area contributed by atoms with E-state index in [0.717, 1.165) is 10.0 Å². The Hall–Kier alpha value is -2.54. The average Bonchev–Trinajstić information content (AvgIpc) is 3.27. The molecule has 2 heterocycles. The molecule has 0 saturated heterocycles. The van der Waals surface area contributed by atoms with Crippen LogP contribution >= 0.6 is 27.5 Å². The molecule has 5 nitrogen and oxygen atoms in total. The van der Waals surface area contributed by atoms with Crippen molar-refractivity contribution in [2.75, 3.05) is 11.7 Å². The van der Waals surface area contributed by atoms with E-state index >= 15 is 0 Å². The summed E-state index contributed by atoms with van der Waals surface area (Å²) < 4.78 is 11.6. The Balaban J connectivity index is 1.62. The second-order valence-corrected chi connectivity index (χ2v) is 8.31. The Bertz CT molecular complexity index is 1130. The summed E-state index contributed by atoms with van der Waals surface area (Å²) in [6.07, 6.45) is 0. The summed E-state index contributed by atoms with van der Waals surface area (Å²) in [4.78, 5) is 15.1. The smallest absolute Gasteiger partial charge is 0.268 e. The van der Waals surface area contributed by atoms with Gasteiger partial charge in [0.25, 0.3) is 5.91 Å². The number of hydrogen-bond donors (Lipinski definition) is 1. The summed E-state index contributed by atoms with van der Waals surface area (Å²) in [6, 6.07) is 17.8. The maximum Gasteiger partial charge on any atom is 0.268 e. The lowest BCUT2D eigenvalue weighted by Crippen LogP contribution is -2.40. The van der Waals surface area contributed by atoms with Crippen molar-refractivity contribution < 1.29 is 19.4 Å². The zero-order valence-electron chi connectivity index (χ0n) is 15.1. The van der Waals surface area contributed by atoms with Crippen LogP contribution in [0.2, 0.25) is 5.02 Å². The fraction of sp³-hybridized carbons (Fsp3) is 0.136. The van der Waals surface area contributed by atoms with Gasteiger partial charge >= 0.3 is 0 Å². The minimum Gasteiger partial charge on any atom is -0.454 e. The summed E-state index contributed by atoms with van der Waals surface area (Å²) in [7, 11) is 0. The minimum absolute atomic E-state index is 0.121. The molecule has 0 aliphatic carbocycles. The summed E-state index contributed by atoms with van der Waals surface area (Å²) in [5.74, 6) is 0.686. The molecule has 0 spiro atoms. The third-order valence-corrected chi connectivity index (χ3v) is 5.98. The molecule has 2 aliphatic rings.